The van der Waals surface area contributed by atoms with Crippen molar-refractivity contribution in [3.63, 3.8) is 0 Å². The van der Waals surface area contributed by atoms with Gasteiger partial charge in [-0.25, -0.2) is 13.2 Å². The molecule has 5 heteroatoms. The number of benzene rings is 1. The minimum Gasteiger partial charge on any atom is -0.508 e. The van der Waals surface area contributed by atoms with Gasteiger partial charge >= 0.3 is 6.43 Å². The van der Waals surface area contributed by atoms with Gasteiger partial charge in [-0.1, -0.05) is 0 Å². The lowest BCUT2D eigenvalue weighted by Gasteiger charge is -2.01. The first-order chi connectivity index (χ1) is 6.02. The van der Waals surface area contributed by atoms with Crippen LogP contribution in [0.5, 0.6) is 5.75 Å². The van der Waals surface area contributed by atoms with Crippen molar-refractivity contribution in [2.75, 3.05) is 0 Å². The molecule has 0 aliphatic heterocycles. The number of rotatable bonds is 2. The number of Topliss-reactive ketones (excluding diaryl/α,β-unsaturated/α-hetero) is 1. The number of ketones is 1. The molecule has 0 unspecified atom stereocenters. The molecule has 0 saturated heterocycles. The number of hydrogen-bond acceptors (Lipinski definition) is 2. The fraction of sp³-hybridized carbons (Fsp3) is 0.125. The van der Waals surface area contributed by atoms with E-state index in [4.69, 9.17) is 5.11 Å². The van der Waals surface area contributed by atoms with E-state index in [1.54, 1.807) is 0 Å². The van der Waals surface area contributed by atoms with Gasteiger partial charge in [-0.2, -0.15) is 0 Å². The van der Waals surface area contributed by atoms with Crippen LogP contribution in [0.15, 0.2) is 18.2 Å². The third-order valence-corrected chi connectivity index (χ3v) is 1.41. The van der Waals surface area contributed by atoms with E-state index < -0.39 is 29.3 Å². The highest BCUT2D eigenvalue weighted by Crippen LogP contribution is 2.17. The number of alkyl halides is 2. The Labute approximate surface area is 71.6 Å². The van der Waals surface area contributed by atoms with Crippen LogP contribution < -0.4 is 0 Å². The molecule has 0 atom stereocenters. The highest BCUT2D eigenvalue weighted by atomic mass is 19.3. The van der Waals surface area contributed by atoms with Crippen molar-refractivity contribution in [2.45, 2.75) is 6.43 Å². The zero-order valence-corrected chi connectivity index (χ0v) is 6.30. The van der Waals surface area contributed by atoms with Crippen molar-refractivity contribution in [3.05, 3.63) is 29.6 Å². The van der Waals surface area contributed by atoms with E-state index in [1.165, 1.54) is 0 Å². The van der Waals surface area contributed by atoms with Gasteiger partial charge in [0.1, 0.15) is 11.6 Å². The predicted octanol–water partition coefficient (Wildman–Crippen LogP) is 1.98. The molecule has 0 aliphatic rings. The molecule has 0 fully saturated rings. The Kier molecular flexibility index (Phi) is 2.55. The van der Waals surface area contributed by atoms with Crippen LogP contribution >= 0.6 is 0 Å². The summed E-state index contributed by atoms with van der Waals surface area (Å²) in [6.07, 6.45) is -3.27. The van der Waals surface area contributed by atoms with E-state index in [9.17, 15) is 18.0 Å². The summed E-state index contributed by atoms with van der Waals surface area (Å²) in [5.41, 5.74) is -0.796. The number of halogens is 3. The van der Waals surface area contributed by atoms with Gasteiger partial charge in [0.25, 0.3) is 0 Å². The van der Waals surface area contributed by atoms with E-state index in [0.29, 0.717) is 6.07 Å². The number of hydrogen-bond donors (Lipinski definition) is 1. The average Bonchev–Trinajstić information content (AvgIpc) is 2.08. The lowest BCUT2D eigenvalue weighted by molar-refractivity contribution is 0.0674. The van der Waals surface area contributed by atoms with Crippen molar-refractivity contribution in [1.82, 2.24) is 0 Å². The minimum atomic E-state index is -3.27. The van der Waals surface area contributed by atoms with Crippen LogP contribution in [0.3, 0.4) is 0 Å². The maximum atomic E-state index is 12.7. The fourth-order valence-corrected chi connectivity index (χ4v) is 0.820. The van der Waals surface area contributed by atoms with Gasteiger partial charge in [0, 0.05) is 0 Å². The van der Waals surface area contributed by atoms with E-state index in [2.05, 4.69) is 0 Å². The molecule has 0 saturated carbocycles. The third kappa shape index (κ3) is 1.99. The zero-order chi connectivity index (χ0) is 10.0. The number of aromatic hydroxyl groups is 1. The first kappa shape index (κ1) is 9.57. The van der Waals surface area contributed by atoms with Crippen molar-refractivity contribution in [3.8, 4) is 5.75 Å². The summed E-state index contributed by atoms with van der Waals surface area (Å²) in [5, 5.41) is 8.80. The maximum absolute atomic E-state index is 12.7. The highest BCUT2D eigenvalue weighted by Gasteiger charge is 2.21. The SMILES string of the molecule is O=C(c1cc(O)ccc1F)C(F)F. The monoisotopic (exact) mass is 190 g/mol. The van der Waals surface area contributed by atoms with Gasteiger partial charge in [0.05, 0.1) is 5.56 Å². The molecule has 2 nitrogen and oxygen atoms in total. The van der Waals surface area contributed by atoms with Crippen LogP contribution in [0, 0.1) is 5.82 Å². The molecule has 0 spiro atoms. The van der Waals surface area contributed by atoms with Crippen LogP contribution in [-0.2, 0) is 0 Å². The predicted molar refractivity (Wildman–Crippen MR) is 38.4 cm³/mol. The number of phenols is 1. The molecular formula is C8H5F3O2. The number of phenolic OH excluding ortho intramolecular Hbond substituents is 1. The van der Waals surface area contributed by atoms with Crippen molar-refractivity contribution in [1.29, 1.82) is 0 Å². The molecule has 1 rings (SSSR count). The Bertz CT molecular complexity index is 336. The highest BCUT2D eigenvalue weighted by molar-refractivity contribution is 5.98. The molecule has 0 bridgehead atoms. The Morgan fingerprint density at radius 3 is 2.54 bits per heavy atom. The molecule has 0 heterocycles. The summed E-state index contributed by atoms with van der Waals surface area (Å²) in [6.45, 7) is 0. The summed E-state index contributed by atoms with van der Waals surface area (Å²) in [7, 11) is 0. The van der Waals surface area contributed by atoms with Crippen molar-refractivity contribution in [2.24, 2.45) is 0 Å². The molecule has 1 aromatic carbocycles. The quantitative estimate of drug-likeness (QED) is 0.724. The van der Waals surface area contributed by atoms with Gasteiger partial charge in [0.15, 0.2) is 0 Å². The van der Waals surface area contributed by atoms with Crippen molar-refractivity contribution < 1.29 is 23.1 Å². The van der Waals surface area contributed by atoms with Gasteiger partial charge in [-0.3, -0.25) is 4.79 Å². The molecule has 1 aromatic rings. The van der Waals surface area contributed by atoms with Crippen LogP contribution in [0.1, 0.15) is 10.4 Å². The van der Waals surface area contributed by atoms with Gasteiger partial charge in [-0.15, -0.1) is 0 Å². The van der Waals surface area contributed by atoms with E-state index in [-0.39, 0.29) is 0 Å². The third-order valence-electron chi connectivity index (χ3n) is 1.41. The molecule has 0 amide bonds. The topological polar surface area (TPSA) is 37.3 Å². The summed E-state index contributed by atoms with van der Waals surface area (Å²) < 4.78 is 36.4. The van der Waals surface area contributed by atoms with Crippen LogP contribution in [-0.4, -0.2) is 17.3 Å². The summed E-state index contributed by atoms with van der Waals surface area (Å²) in [5.74, 6) is -3.12. The van der Waals surface area contributed by atoms with Crippen molar-refractivity contribution >= 4 is 5.78 Å². The second-order valence-corrected chi connectivity index (χ2v) is 2.33. The second-order valence-electron chi connectivity index (χ2n) is 2.33. The lowest BCUT2D eigenvalue weighted by Crippen LogP contribution is -2.11. The fourth-order valence-electron chi connectivity index (χ4n) is 0.820. The summed E-state index contributed by atoms with van der Waals surface area (Å²) in [4.78, 5) is 10.6. The molecule has 0 aromatic heterocycles. The van der Waals surface area contributed by atoms with E-state index in [0.717, 1.165) is 12.1 Å². The maximum Gasteiger partial charge on any atom is 0.300 e. The Morgan fingerprint density at radius 1 is 1.38 bits per heavy atom. The Balaban J connectivity index is 3.13. The molecular weight excluding hydrogens is 185 g/mol. The van der Waals surface area contributed by atoms with Crippen LogP contribution in [0.2, 0.25) is 0 Å². The average molecular weight is 190 g/mol. The molecule has 1 N–H and O–H groups in total. The van der Waals surface area contributed by atoms with Gasteiger partial charge in [0.2, 0.25) is 5.78 Å². The smallest absolute Gasteiger partial charge is 0.300 e. The minimum absolute atomic E-state index is 0.426. The molecule has 0 aliphatic carbocycles. The molecule has 70 valence electrons. The Hall–Kier alpha value is -1.52. The van der Waals surface area contributed by atoms with Gasteiger partial charge in [-0.05, 0) is 18.2 Å². The molecule has 0 radical (unpaired) electrons. The Morgan fingerprint density at radius 2 is 2.00 bits per heavy atom. The zero-order valence-electron chi connectivity index (χ0n) is 6.30. The first-order valence-corrected chi connectivity index (χ1v) is 3.33. The largest absolute Gasteiger partial charge is 0.508 e. The first-order valence-electron chi connectivity index (χ1n) is 3.33. The number of carbonyl (C=O) groups excluding carboxylic acids is 1. The second kappa shape index (κ2) is 3.47. The molecule has 13 heavy (non-hydrogen) atoms. The standard InChI is InChI=1S/C8H5F3O2/c9-6-2-1-4(12)3-5(6)7(13)8(10)11/h1-3,8,12H. The van der Waals surface area contributed by atoms with Gasteiger partial charge < -0.3 is 5.11 Å². The normalized spacial score (nSPS) is 10.5. The van der Waals surface area contributed by atoms with E-state index >= 15 is 0 Å². The van der Waals surface area contributed by atoms with E-state index in [1.807, 2.05) is 0 Å². The summed E-state index contributed by atoms with van der Waals surface area (Å²) >= 11 is 0. The van der Waals surface area contributed by atoms with Crippen LogP contribution in [0.4, 0.5) is 13.2 Å². The number of carbonyl (C=O) groups is 1. The summed E-state index contributed by atoms with van der Waals surface area (Å²) in [6, 6.07) is 2.40. The van der Waals surface area contributed by atoms with Crippen LogP contribution in [0.25, 0.3) is 0 Å². The lowest BCUT2D eigenvalue weighted by atomic mass is 10.1.